The number of rotatable bonds is 5. The van der Waals surface area contributed by atoms with Gasteiger partial charge < -0.3 is 15.7 Å². The SMILES string of the molecule is NC(=O)c1c(Br)cccc1N(CC(=O)O)CC(F)(F)F. The predicted molar refractivity (Wildman–Crippen MR) is 68.6 cm³/mol. The zero-order valence-electron chi connectivity index (χ0n) is 9.95. The van der Waals surface area contributed by atoms with Gasteiger partial charge >= 0.3 is 12.1 Å². The summed E-state index contributed by atoms with van der Waals surface area (Å²) in [6, 6.07) is 4.02. The molecule has 5 nitrogen and oxygen atoms in total. The monoisotopic (exact) mass is 354 g/mol. The lowest BCUT2D eigenvalue weighted by Crippen LogP contribution is -2.39. The summed E-state index contributed by atoms with van der Waals surface area (Å²) in [5, 5.41) is 8.70. The van der Waals surface area contributed by atoms with E-state index in [2.05, 4.69) is 15.9 Å². The first-order valence-corrected chi connectivity index (χ1v) is 6.03. The molecule has 9 heteroatoms. The molecule has 1 aromatic carbocycles. The normalized spacial score (nSPS) is 11.2. The van der Waals surface area contributed by atoms with E-state index in [1.54, 1.807) is 0 Å². The number of nitrogens with two attached hydrogens (primary N) is 1. The second-order valence-corrected chi connectivity index (χ2v) is 4.72. The Labute approximate surface area is 120 Å². The van der Waals surface area contributed by atoms with Crippen molar-refractivity contribution in [2.75, 3.05) is 18.0 Å². The number of carbonyl (C=O) groups is 2. The molecule has 0 fully saturated rings. The minimum absolute atomic E-state index is 0.188. The van der Waals surface area contributed by atoms with Crippen molar-refractivity contribution in [2.24, 2.45) is 5.73 Å². The van der Waals surface area contributed by atoms with Crippen LogP contribution in [0.4, 0.5) is 18.9 Å². The fraction of sp³-hybridized carbons (Fsp3) is 0.273. The number of carboxylic acids is 1. The van der Waals surface area contributed by atoms with Crippen molar-refractivity contribution in [3.8, 4) is 0 Å². The van der Waals surface area contributed by atoms with E-state index in [0.29, 0.717) is 4.90 Å². The maximum absolute atomic E-state index is 12.5. The van der Waals surface area contributed by atoms with Crippen molar-refractivity contribution < 1.29 is 27.9 Å². The Hall–Kier alpha value is -1.77. The number of benzene rings is 1. The molecule has 0 saturated carbocycles. The average molecular weight is 355 g/mol. The van der Waals surface area contributed by atoms with Crippen LogP contribution < -0.4 is 10.6 Å². The summed E-state index contributed by atoms with van der Waals surface area (Å²) in [5.41, 5.74) is 4.74. The molecule has 1 aromatic rings. The summed E-state index contributed by atoms with van der Waals surface area (Å²) in [5.74, 6) is -2.41. The van der Waals surface area contributed by atoms with Crippen molar-refractivity contribution in [2.45, 2.75) is 6.18 Å². The number of aliphatic carboxylic acids is 1. The number of halogens is 4. The molecule has 0 atom stereocenters. The molecular formula is C11H10BrF3N2O3. The van der Waals surface area contributed by atoms with Crippen molar-refractivity contribution in [3.05, 3.63) is 28.2 Å². The van der Waals surface area contributed by atoms with Crippen molar-refractivity contribution >= 4 is 33.5 Å². The van der Waals surface area contributed by atoms with Crippen LogP contribution >= 0.6 is 15.9 Å². The topological polar surface area (TPSA) is 83.6 Å². The summed E-state index contributed by atoms with van der Waals surface area (Å²) in [7, 11) is 0. The molecule has 0 bridgehead atoms. The lowest BCUT2D eigenvalue weighted by molar-refractivity contribution is -0.136. The molecule has 0 spiro atoms. The van der Waals surface area contributed by atoms with Crippen LogP contribution in [0, 0.1) is 0 Å². The Morgan fingerprint density at radius 3 is 2.40 bits per heavy atom. The number of hydrogen-bond acceptors (Lipinski definition) is 3. The Kier molecular flexibility index (Phi) is 4.98. The third kappa shape index (κ3) is 4.41. The second kappa shape index (κ2) is 6.12. The Morgan fingerprint density at radius 2 is 1.95 bits per heavy atom. The standard InChI is InChI=1S/C11H10BrF3N2O3/c12-6-2-1-3-7(9(6)10(16)20)17(4-8(18)19)5-11(13,14)15/h1-3H,4-5H2,(H2,16,20)(H,18,19). The highest BCUT2D eigenvalue weighted by Gasteiger charge is 2.33. The van der Waals surface area contributed by atoms with E-state index < -0.39 is 31.1 Å². The summed E-state index contributed by atoms with van der Waals surface area (Å²) < 4.78 is 37.7. The van der Waals surface area contributed by atoms with Gasteiger partial charge in [0.05, 0.1) is 11.3 Å². The second-order valence-electron chi connectivity index (χ2n) is 3.86. The van der Waals surface area contributed by atoms with E-state index in [9.17, 15) is 22.8 Å². The molecule has 110 valence electrons. The van der Waals surface area contributed by atoms with Gasteiger partial charge in [-0.25, -0.2) is 0 Å². The number of anilines is 1. The van der Waals surface area contributed by atoms with Gasteiger partial charge in [-0.1, -0.05) is 6.07 Å². The van der Waals surface area contributed by atoms with Gasteiger partial charge in [0.1, 0.15) is 13.1 Å². The third-order valence-electron chi connectivity index (χ3n) is 2.27. The molecule has 0 radical (unpaired) electrons. The average Bonchev–Trinajstić information content (AvgIpc) is 2.24. The van der Waals surface area contributed by atoms with E-state index in [1.165, 1.54) is 18.2 Å². The lowest BCUT2D eigenvalue weighted by atomic mass is 10.1. The van der Waals surface area contributed by atoms with E-state index in [4.69, 9.17) is 10.8 Å². The van der Waals surface area contributed by atoms with Crippen LogP contribution in [-0.2, 0) is 4.79 Å². The van der Waals surface area contributed by atoms with E-state index in [0.717, 1.165) is 0 Å². The van der Waals surface area contributed by atoms with Gasteiger partial charge in [-0.2, -0.15) is 13.2 Å². The predicted octanol–water partition coefficient (Wildman–Crippen LogP) is 2.00. The maximum Gasteiger partial charge on any atom is 0.405 e. The molecule has 0 aliphatic rings. The van der Waals surface area contributed by atoms with Crippen molar-refractivity contribution in [3.63, 3.8) is 0 Å². The van der Waals surface area contributed by atoms with Crippen LogP contribution in [0.3, 0.4) is 0 Å². The van der Waals surface area contributed by atoms with Crippen LogP contribution in [0.1, 0.15) is 10.4 Å². The van der Waals surface area contributed by atoms with E-state index >= 15 is 0 Å². The molecule has 0 unspecified atom stereocenters. The van der Waals surface area contributed by atoms with Gasteiger partial charge in [0.2, 0.25) is 0 Å². The number of amides is 1. The quantitative estimate of drug-likeness (QED) is 0.846. The molecule has 0 aliphatic heterocycles. The highest BCUT2D eigenvalue weighted by molar-refractivity contribution is 9.10. The summed E-state index contributed by atoms with van der Waals surface area (Å²) in [4.78, 5) is 22.6. The van der Waals surface area contributed by atoms with Gasteiger partial charge in [-0.15, -0.1) is 0 Å². The zero-order valence-corrected chi connectivity index (χ0v) is 11.5. The smallest absolute Gasteiger partial charge is 0.405 e. The van der Waals surface area contributed by atoms with Crippen molar-refractivity contribution in [1.82, 2.24) is 0 Å². The molecule has 20 heavy (non-hydrogen) atoms. The number of carbonyl (C=O) groups excluding carboxylic acids is 1. The molecule has 1 rings (SSSR count). The van der Waals surface area contributed by atoms with Gasteiger partial charge in [0.15, 0.2) is 0 Å². The first kappa shape index (κ1) is 16.3. The van der Waals surface area contributed by atoms with E-state index in [-0.39, 0.29) is 15.7 Å². The lowest BCUT2D eigenvalue weighted by Gasteiger charge is -2.26. The molecule has 1 amide bonds. The molecule has 0 aromatic heterocycles. The zero-order chi connectivity index (χ0) is 15.5. The number of nitrogens with zero attached hydrogens (tertiary/aromatic N) is 1. The van der Waals surface area contributed by atoms with E-state index in [1.807, 2.05) is 0 Å². The summed E-state index contributed by atoms with van der Waals surface area (Å²) in [6.07, 6.45) is -4.62. The van der Waals surface area contributed by atoms with Crippen LogP contribution in [0.25, 0.3) is 0 Å². The minimum atomic E-state index is -4.62. The first-order valence-electron chi connectivity index (χ1n) is 5.23. The van der Waals surface area contributed by atoms with Crippen molar-refractivity contribution in [1.29, 1.82) is 0 Å². The van der Waals surface area contributed by atoms with Crippen LogP contribution in [0.5, 0.6) is 0 Å². The summed E-state index contributed by atoms with van der Waals surface area (Å²) >= 11 is 3.01. The minimum Gasteiger partial charge on any atom is -0.480 e. The van der Waals surface area contributed by atoms with Gasteiger partial charge in [-0.3, -0.25) is 9.59 Å². The van der Waals surface area contributed by atoms with Gasteiger partial charge in [0, 0.05) is 4.47 Å². The third-order valence-corrected chi connectivity index (χ3v) is 2.94. The number of carboxylic acid groups (broad SMARTS) is 1. The first-order chi connectivity index (χ1) is 9.11. The van der Waals surface area contributed by atoms with Gasteiger partial charge in [0.25, 0.3) is 5.91 Å². The number of alkyl halides is 3. The number of primary amides is 1. The largest absolute Gasteiger partial charge is 0.480 e. The Morgan fingerprint density at radius 1 is 1.35 bits per heavy atom. The molecular weight excluding hydrogens is 345 g/mol. The molecule has 0 heterocycles. The fourth-order valence-electron chi connectivity index (χ4n) is 1.63. The summed E-state index contributed by atoms with van der Waals surface area (Å²) in [6.45, 7) is -2.41. The maximum atomic E-state index is 12.5. The highest BCUT2D eigenvalue weighted by atomic mass is 79.9. The number of hydrogen-bond donors (Lipinski definition) is 2. The van der Waals surface area contributed by atoms with Crippen LogP contribution in [0.15, 0.2) is 22.7 Å². The fourth-order valence-corrected chi connectivity index (χ4v) is 2.18. The Balaban J connectivity index is 3.30. The van der Waals surface area contributed by atoms with Crippen LogP contribution in [-0.4, -0.2) is 36.2 Å². The highest BCUT2D eigenvalue weighted by Crippen LogP contribution is 2.29. The molecule has 3 N–H and O–H groups in total. The Bertz CT molecular complexity index is 534. The molecule has 0 aliphatic carbocycles. The van der Waals surface area contributed by atoms with Crippen LogP contribution in [0.2, 0.25) is 0 Å². The molecule has 0 saturated heterocycles. The van der Waals surface area contributed by atoms with Gasteiger partial charge in [-0.05, 0) is 28.1 Å².